The van der Waals surface area contributed by atoms with Crippen LogP contribution in [-0.4, -0.2) is 47.6 Å². The van der Waals surface area contributed by atoms with Crippen LogP contribution in [0.3, 0.4) is 0 Å². The van der Waals surface area contributed by atoms with Gasteiger partial charge in [0, 0.05) is 6.04 Å². The zero-order chi connectivity index (χ0) is 13.0. The number of carboxylic acid groups (broad SMARTS) is 1. The van der Waals surface area contributed by atoms with Crippen LogP contribution in [0.15, 0.2) is 0 Å². The first-order chi connectivity index (χ1) is 8.66. The van der Waals surface area contributed by atoms with Crippen molar-refractivity contribution < 1.29 is 14.7 Å². The molecule has 2 fully saturated rings. The lowest BCUT2D eigenvalue weighted by atomic mass is 9.96. The minimum Gasteiger partial charge on any atom is -0.480 e. The normalized spacial score (nSPS) is 25.4. The van der Waals surface area contributed by atoms with Crippen LogP contribution < -0.4 is 5.32 Å². The van der Waals surface area contributed by atoms with Crippen molar-refractivity contribution in [2.45, 2.75) is 44.6 Å². The second-order valence-corrected chi connectivity index (χ2v) is 5.40. The van der Waals surface area contributed by atoms with E-state index in [4.69, 9.17) is 5.11 Å². The molecule has 1 unspecified atom stereocenters. The van der Waals surface area contributed by atoms with E-state index in [1.165, 1.54) is 32.1 Å². The molecule has 1 aliphatic heterocycles. The predicted molar refractivity (Wildman–Crippen MR) is 67.2 cm³/mol. The molecule has 0 radical (unpaired) electrons. The van der Waals surface area contributed by atoms with Crippen LogP contribution in [-0.2, 0) is 9.59 Å². The zero-order valence-corrected chi connectivity index (χ0v) is 10.7. The van der Waals surface area contributed by atoms with Crippen LogP contribution in [0.2, 0.25) is 0 Å². The topological polar surface area (TPSA) is 69.6 Å². The summed E-state index contributed by atoms with van der Waals surface area (Å²) in [7, 11) is 0. The number of carbonyl (C=O) groups is 2. The summed E-state index contributed by atoms with van der Waals surface area (Å²) in [5.74, 6) is -0.404. The molecule has 1 heterocycles. The van der Waals surface area contributed by atoms with Gasteiger partial charge in [-0.2, -0.15) is 0 Å². The van der Waals surface area contributed by atoms with E-state index in [1.54, 1.807) is 0 Å². The molecule has 18 heavy (non-hydrogen) atoms. The third-order valence-electron chi connectivity index (χ3n) is 4.14. The molecule has 5 nitrogen and oxygen atoms in total. The number of likely N-dealkylation sites (tertiary alicyclic amines) is 1. The SMILES string of the molecule is O=C(O)CNC(=O)CN1CCCC1C1CCCC1. The molecule has 0 aromatic rings. The maximum Gasteiger partial charge on any atom is 0.322 e. The molecule has 5 heteroatoms. The van der Waals surface area contributed by atoms with Gasteiger partial charge in [-0.15, -0.1) is 0 Å². The molecule has 0 bridgehead atoms. The molecule has 0 aromatic carbocycles. The van der Waals surface area contributed by atoms with Gasteiger partial charge in [-0.3, -0.25) is 14.5 Å². The van der Waals surface area contributed by atoms with Gasteiger partial charge in [0.05, 0.1) is 6.54 Å². The molecular weight excluding hydrogens is 232 g/mol. The highest BCUT2D eigenvalue weighted by atomic mass is 16.4. The molecule has 102 valence electrons. The second-order valence-electron chi connectivity index (χ2n) is 5.40. The zero-order valence-electron chi connectivity index (χ0n) is 10.7. The summed E-state index contributed by atoms with van der Waals surface area (Å²) >= 11 is 0. The molecule has 2 rings (SSSR count). The lowest BCUT2D eigenvalue weighted by Crippen LogP contribution is -2.43. The molecule has 1 saturated heterocycles. The Morgan fingerprint density at radius 2 is 1.89 bits per heavy atom. The van der Waals surface area contributed by atoms with Crippen LogP contribution in [0.1, 0.15) is 38.5 Å². The van der Waals surface area contributed by atoms with Gasteiger partial charge in [0.2, 0.25) is 5.91 Å². The van der Waals surface area contributed by atoms with Crippen molar-refractivity contribution in [2.75, 3.05) is 19.6 Å². The van der Waals surface area contributed by atoms with Crippen molar-refractivity contribution in [1.29, 1.82) is 0 Å². The van der Waals surface area contributed by atoms with Gasteiger partial charge < -0.3 is 10.4 Å². The van der Waals surface area contributed by atoms with Gasteiger partial charge in [0.15, 0.2) is 0 Å². The molecule has 0 aromatic heterocycles. The molecule has 1 saturated carbocycles. The highest BCUT2D eigenvalue weighted by molar-refractivity contribution is 5.82. The molecule has 1 aliphatic carbocycles. The van der Waals surface area contributed by atoms with E-state index in [0.717, 1.165) is 18.9 Å². The summed E-state index contributed by atoms with van der Waals surface area (Å²) in [5.41, 5.74) is 0. The summed E-state index contributed by atoms with van der Waals surface area (Å²) in [6.07, 6.45) is 7.57. The first-order valence-electron chi connectivity index (χ1n) is 6.89. The van der Waals surface area contributed by atoms with Gasteiger partial charge in [-0.1, -0.05) is 12.8 Å². The fourth-order valence-corrected chi connectivity index (χ4v) is 3.34. The van der Waals surface area contributed by atoms with Crippen LogP contribution >= 0.6 is 0 Å². The van der Waals surface area contributed by atoms with E-state index in [2.05, 4.69) is 10.2 Å². The average molecular weight is 254 g/mol. The minimum atomic E-state index is -0.989. The maximum absolute atomic E-state index is 11.6. The Labute approximate surface area is 108 Å². The molecular formula is C13H22N2O3. The Bertz CT molecular complexity index is 313. The summed E-state index contributed by atoms with van der Waals surface area (Å²) in [5, 5.41) is 11.0. The molecule has 1 amide bonds. The third kappa shape index (κ3) is 3.45. The highest BCUT2D eigenvalue weighted by Crippen LogP contribution is 2.35. The van der Waals surface area contributed by atoms with Crippen LogP contribution in [0, 0.1) is 5.92 Å². The molecule has 1 atom stereocenters. The first kappa shape index (κ1) is 13.3. The van der Waals surface area contributed by atoms with Crippen molar-refractivity contribution in [3.63, 3.8) is 0 Å². The van der Waals surface area contributed by atoms with Crippen molar-refractivity contribution in [3.05, 3.63) is 0 Å². The Balaban J connectivity index is 1.80. The number of nitrogens with one attached hydrogen (secondary N) is 1. The van der Waals surface area contributed by atoms with Gasteiger partial charge in [0.1, 0.15) is 6.54 Å². The quantitative estimate of drug-likeness (QED) is 0.763. The number of rotatable bonds is 5. The predicted octanol–water partition coefficient (Wildman–Crippen LogP) is 0.842. The second kappa shape index (κ2) is 6.18. The lowest BCUT2D eigenvalue weighted by Gasteiger charge is -2.28. The summed E-state index contributed by atoms with van der Waals surface area (Å²) in [4.78, 5) is 24.3. The van der Waals surface area contributed by atoms with Gasteiger partial charge >= 0.3 is 5.97 Å². The number of hydrogen-bond donors (Lipinski definition) is 2. The Morgan fingerprint density at radius 3 is 2.56 bits per heavy atom. The third-order valence-corrected chi connectivity index (χ3v) is 4.14. The summed E-state index contributed by atoms with van der Waals surface area (Å²) < 4.78 is 0. The Kier molecular flexibility index (Phi) is 4.58. The first-order valence-corrected chi connectivity index (χ1v) is 6.89. The molecule has 2 aliphatic rings. The Morgan fingerprint density at radius 1 is 1.17 bits per heavy atom. The minimum absolute atomic E-state index is 0.165. The molecule has 2 N–H and O–H groups in total. The van der Waals surface area contributed by atoms with Crippen LogP contribution in [0.5, 0.6) is 0 Å². The van der Waals surface area contributed by atoms with Crippen LogP contribution in [0.4, 0.5) is 0 Å². The van der Waals surface area contributed by atoms with E-state index in [0.29, 0.717) is 12.6 Å². The van der Waals surface area contributed by atoms with Crippen molar-refractivity contribution in [1.82, 2.24) is 10.2 Å². The number of amides is 1. The monoisotopic (exact) mass is 254 g/mol. The number of carboxylic acids is 1. The van der Waals surface area contributed by atoms with Gasteiger partial charge in [-0.05, 0) is 38.1 Å². The van der Waals surface area contributed by atoms with Crippen molar-refractivity contribution >= 4 is 11.9 Å². The smallest absolute Gasteiger partial charge is 0.322 e. The van der Waals surface area contributed by atoms with Gasteiger partial charge in [-0.25, -0.2) is 0 Å². The van der Waals surface area contributed by atoms with E-state index < -0.39 is 5.97 Å². The summed E-state index contributed by atoms with van der Waals surface area (Å²) in [6.45, 7) is 1.05. The van der Waals surface area contributed by atoms with E-state index in [1.807, 2.05) is 0 Å². The van der Waals surface area contributed by atoms with E-state index >= 15 is 0 Å². The largest absolute Gasteiger partial charge is 0.480 e. The number of carbonyl (C=O) groups excluding carboxylic acids is 1. The Hall–Kier alpha value is -1.10. The highest BCUT2D eigenvalue weighted by Gasteiger charge is 2.33. The van der Waals surface area contributed by atoms with Crippen molar-refractivity contribution in [3.8, 4) is 0 Å². The average Bonchev–Trinajstić information content (AvgIpc) is 2.95. The fourth-order valence-electron chi connectivity index (χ4n) is 3.34. The fraction of sp³-hybridized carbons (Fsp3) is 0.846. The van der Waals surface area contributed by atoms with Crippen LogP contribution in [0.25, 0.3) is 0 Å². The number of hydrogen-bond acceptors (Lipinski definition) is 3. The maximum atomic E-state index is 11.6. The number of nitrogens with zero attached hydrogens (tertiary/aromatic N) is 1. The van der Waals surface area contributed by atoms with Crippen molar-refractivity contribution in [2.24, 2.45) is 5.92 Å². The van der Waals surface area contributed by atoms with Gasteiger partial charge in [0.25, 0.3) is 0 Å². The standard InChI is InChI=1S/C13H22N2O3/c16-12(14-8-13(17)18)9-15-7-3-6-11(15)10-4-1-2-5-10/h10-11H,1-9H2,(H,14,16)(H,17,18). The lowest BCUT2D eigenvalue weighted by molar-refractivity contribution is -0.138. The van der Waals surface area contributed by atoms with E-state index in [9.17, 15) is 9.59 Å². The number of aliphatic carboxylic acids is 1. The summed E-state index contributed by atoms with van der Waals surface area (Å²) in [6, 6.07) is 0.545. The van der Waals surface area contributed by atoms with E-state index in [-0.39, 0.29) is 12.5 Å². The molecule has 0 spiro atoms.